The van der Waals surface area contributed by atoms with Crippen LogP contribution in [0.4, 0.5) is 8.78 Å². The predicted molar refractivity (Wildman–Crippen MR) is 155 cm³/mol. The van der Waals surface area contributed by atoms with Crippen molar-refractivity contribution in [1.82, 2.24) is 0 Å². The number of benzene rings is 1. The van der Waals surface area contributed by atoms with Gasteiger partial charge in [0.25, 0.3) is 0 Å². The Balaban J connectivity index is 1.02. The molecule has 0 bridgehead atoms. The third-order valence-corrected chi connectivity index (χ3v) is 11.3. The van der Waals surface area contributed by atoms with Gasteiger partial charge in [-0.1, -0.05) is 12.1 Å². The number of allylic oxidation sites excluding steroid dienone is 1. The van der Waals surface area contributed by atoms with E-state index in [9.17, 15) is 8.78 Å². The second kappa shape index (κ2) is 14.0. The maximum absolute atomic E-state index is 14.8. The van der Waals surface area contributed by atoms with Crippen LogP contribution in [-0.4, -0.2) is 19.3 Å². The van der Waals surface area contributed by atoms with E-state index in [1.54, 1.807) is 19.1 Å². The lowest BCUT2D eigenvalue weighted by atomic mass is 9.64. The second-order valence-electron chi connectivity index (χ2n) is 13.3. The fraction of sp³-hybridized carbons (Fsp3) is 0.771. The summed E-state index contributed by atoms with van der Waals surface area (Å²) in [5.41, 5.74) is 0.556. The zero-order valence-electron chi connectivity index (χ0n) is 24.4. The van der Waals surface area contributed by atoms with E-state index in [2.05, 4.69) is 6.58 Å². The van der Waals surface area contributed by atoms with Crippen molar-refractivity contribution in [3.63, 3.8) is 0 Å². The summed E-state index contributed by atoms with van der Waals surface area (Å²) >= 11 is 0. The molecule has 1 aromatic carbocycles. The number of rotatable bonds is 9. The minimum absolute atomic E-state index is 0.0359. The molecule has 2 nitrogen and oxygen atoms in total. The van der Waals surface area contributed by atoms with Crippen LogP contribution in [0.3, 0.4) is 0 Å². The van der Waals surface area contributed by atoms with Gasteiger partial charge in [0.2, 0.25) is 5.82 Å². The Labute approximate surface area is 236 Å². The van der Waals surface area contributed by atoms with Crippen molar-refractivity contribution in [1.29, 1.82) is 0 Å². The summed E-state index contributed by atoms with van der Waals surface area (Å²) in [6.45, 7) is 6.98. The van der Waals surface area contributed by atoms with E-state index >= 15 is 0 Å². The van der Waals surface area contributed by atoms with Gasteiger partial charge < -0.3 is 9.47 Å². The highest BCUT2D eigenvalue weighted by atomic mass is 19.2. The largest absolute Gasteiger partial charge is 0.491 e. The first kappa shape index (κ1) is 29.1. The lowest BCUT2D eigenvalue weighted by Gasteiger charge is -2.43. The van der Waals surface area contributed by atoms with Gasteiger partial charge in [-0.15, -0.1) is 6.58 Å². The fourth-order valence-corrected chi connectivity index (χ4v) is 8.94. The van der Waals surface area contributed by atoms with E-state index < -0.39 is 11.6 Å². The molecule has 4 aliphatic rings. The van der Waals surface area contributed by atoms with Crippen LogP contribution in [0.2, 0.25) is 0 Å². The van der Waals surface area contributed by atoms with Gasteiger partial charge in [-0.05, 0) is 163 Å². The van der Waals surface area contributed by atoms with Gasteiger partial charge >= 0.3 is 0 Å². The van der Waals surface area contributed by atoms with Gasteiger partial charge in [-0.2, -0.15) is 4.39 Å². The van der Waals surface area contributed by atoms with Crippen molar-refractivity contribution in [3.05, 3.63) is 42.0 Å². The Hall–Kier alpha value is -1.42. The van der Waals surface area contributed by atoms with Crippen LogP contribution in [0.1, 0.15) is 121 Å². The minimum Gasteiger partial charge on any atom is -0.491 e. The van der Waals surface area contributed by atoms with E-state index in [-0.39, 0.29) is 11.7 Å². The van der Waals surface area contributed by atoms with Crippen molar-refractivity contribution >= 4 is 0 Å². The molecule has 0 N–H and O–H groups in total. The Kier molecular flexibility index (Phi) is 10.4. The molecule has 218 valence electrons. The first-order chi connectivity index (χ1) is 19.1. The Bertz CT molecular complexity index is 899. The van der Waals surface area contributed by atoms with Crippen LogP contribution in [0.15, 0.2) is 24.8 Å². The maximum atomic E-state index is 14.8. The monoisotopic (exact) mass is 542 g/mol. The number of halogens is 2. The molecule has 3 saturated carbocycles. The fourth-order valence-electron chi connectivity index (χ4n) is 8.94. The second-order valence-corrected chi connectivity index (χ2v) is 13.3. The highest BCUT2D eigenvalue weighted by molar-refractivity contribution is 5.33. The van der Waals surface area contributed by atoms with Gasteiger partial charge in [0.05, 0.1) is 19.3 Å². The minimum atomic E-state index is -0.816. The van der Waals surface area contributed by atoms with E-state index in [0.29, 0.717) is 18.3 Å². The van der Waals surface area contributed by atoms with Crippen molar-refractivity contribution in [2.75, 3.05) is 13.2 Å². The predicted octanol–water partition coefficient (Wildman–Crippen LogP) is 10.0. The quantitative estimate of drug-likeness (QED) is 0.289. The number of hydrogen-bond acceptors (Lipinski definition) is 2. The molecule has 1 saturated heterocycles. The smallest absolute Gasteiger partial charge is 0.200 e. The van der Waals surface area contributed by atoms with Crippen LogP contribution in [0, 0.1) is 47.1 Å². The molecule has 0 spiro atoms. The maximum Gasteiger partial charge on any atom is 0.200 e. The van der Waals surface area contributed by atoms with Crippen molar-refractivity contribution in [2.24, 2.45) is 35.5 Å². The highest BCUT2D eigenvalue weighted by Crippen LogP contribution is 2.48. The van der Waals surface area contributed by atoms with Crippen LogP contribution in [0.5, 0.6) is 5.75 Å². The van der Waals surface area contributed by atoms with Crippen LogP contribution in [-0.2, 0) is 4.74 Å². The number of ether oxygens (including phenoxy) is 2. The standard InChI is InChI=1S/C35H52F2O2/c1-3-5-6-31-20-19-30(23-39-31)28-13-11-26(12-14-28)24-7-9-25(10-8-24)27-15-17-29(18-16-27)32-21-22-33(38-4-2)35(37)34(32)36/h3,21-22,24-31H,1,4-20,23H2,2H3. The van der Waals surface area contributed by atoms with Crippen molar-refractivity contribution in [2.45, 2.75) is 122 Å². The normalized spacial score (nSPS) is 35.9. The molecule has 2 atom stereocenters. The van der Waals surface area contributed by atoms with Crippen molar-refractivity contribution in [3.8, 4) is 5.75 Å². The van der Waals surface area contributed by atoms with Crippen LogP contribution in [0.25, 0.3) is 0 Å². The summed E-state index contributed by atoms with van der Waals surface area (Å²) in [6.07, 6.45) is 22.9. The molecule has 0 amide bonds. The highest BCUT2D eigenvalue weighted by Gasteiger charge is 2.37. The average molecular weight is 543 g/mol. The SMILES string of the molecule is C=CCCC1CCC(C2CCC(C3CCC(C4CCC(c5ccc(OCC)c(F)c5F)CC4)CC3)CC2)CO1. The molecule has 1 heterocycles. The summed E-state index contributed by atoms with van der Waals surface area (Å²) in [6, 6.07) is 3.37. The lowest BCUT2D eigenvalue weighted by Crippen LogP contribution is -2.34. The van der Waals surface area contributed by atoms with Crippen LogP contribution < -0.4 is 4.74 Å². The topological polar surface area (TPSA) is 18.5 Å². The Morgan fingerprint density at radius 1 is 0.744 bits per heavy atom. The van der Waals surface area contributed by atoms with Crippen LogP contribution >= 0.6 is 0 Å². The average Bonchev–Trinajstić information content (AvgIpc) is 2.99. The molecule has 5 rings (SSSR count). The third-order valence-electron chi connectivity index (χ3n) is 11.3. The van der Waals surface area contributed by atoms with Gasteiger partial charge in [0.1, 0.15) is 0 Å². The molecule has 0 radical (unpaired) electrons. The lowest BCUT2D eigenvalue weighted by molar-refractivity contribution is -0.0432. The molecule has 0 aromatic heterocycles. The summed E-state index contributed by atoms with van der Waals surface area (Å²) in [5.74, 6) is 3.85. The molecular formula is C35H52F2O2. The van der Waals surface area contributed by atoms with Gasteiger partial charge in [-0.3, -0.25) is 0 Å². The number of hydrogen-bond donors (Lipinski definition) is 0. The summed E-state index contributed by atoms with van der Waals surface area (Å²) in [7, 11) is 0. The van der Waals surface area contributed by atoms with Crippen molar-refractivity contribution < 1.29 is 18.3 Å². The molecule has 1 aromatic rings. The van der Waals surface area contributed by atoms with Gasteiger partial charge in [0.15, 0.2) is 11.6 Å². The van der Waals surface area contributed by atoms with Gasteiger partial charge in [-0.25, -0.2) is 4.39 Å². The third kappa shape index (κ3) is 7.08. The van der Waals surface area contributed by atoms with E-state index in [1.807, 2.05) is 6.08 Å². The Morgan fingerprint density at radius 3 is 1.74 bits per heavy atom. The first-order valence-electron chi connectivity index (χ1n) is 16.4. The zero-order chi connectivity index (χ0) is 27.2. The molecule has 4 fully saturated rings. The molecule has 39 heavy (non-hydrogen) atoms. The van der Waals surface area contributed by atoms with E-state index in [1.165, 1.54) is 64.2 Å². The summed E-state index contributed by atoms with van der Waals surface area (Å²) in [4.78, 5) is 0. The molecular weight excluding hydrogens is 490 g/mol. The first-order valence-corrected chi connectivity index (χ1v) is 16.4. The molecule has 2 unspecified atom stereocenters. The molecule has 3 aliphatic carbocycles. The van der Waals surface area contributed by atoms with E-state index in [4.69, 9.17) is 9.47 Å². The van der Waals surface area contributed by atoms with E-state index in [0.717, 1.165) is 80.6 Å². The molecule has 1 aliphatic heterocycles. The summed E-state index contributed by atoms with van der Waals surface area (Å²) < 4.78 is 40.6. The summed E-state index contributed by atoms with van der Waals surface area (Å²) in [5, 5.41) is 0. The molecule has 4 heteroatoms. The zero-order valence-corrected chi connectivity index (χ0v) is 24.4. The Morgan fingerprint density at radius 2 is 1.26 bits per heavy atom. The van der Waals surface area contributed by atoms with Gasteiger partial charge in [0, 0.05) is 0 Å².